The third-order valence-electron chi connectivity index (χ3n) is 2.92. The first-order valence-corrected chi connectivity index (χ1v) is 5.84. The van der Waals surface area contributed by atoms with Crippen LogP contribution in [0.4, 0.5) is 5.82 Å². The lowest BCUT2D eigenvalue weighted by Gasteiger charge is -2.10. The number of rotatable bonds is 1. The molecule has 88 valence electrons. The van der Waals surface area contributed by atoms with Gasteiger partial charge in [-0.05, 0) is 12.1 Å². The fourth-order valence-electron chi connectivity index (χ4n) is 2.05. The molecule has 0 aliphatic carbocycles. The van der Waals surface area contributed by atoms with Crippen LogP contribution in [-0.2, 0) is 17.8 Å². The molecule has 0 unspecified atom stereocenters. The number of para-hydroxylation sites is 1. The molecular weight excluding hydrogens is 238 g/mol. The highest BCUT2D eigenvalue weighted by Gasteiger charge is 2.20. The third kappa shape index (κ3) is 1.69. The lowest BCUT2D eigenvalue weighted by molar-refractivity contribution is 0.108. The Morgan fingerprint density at radius 3 is 2.94 bits per heavy atom. The van der Waals surface area contributed by atoms with E-state index in [0.29, 0.717) is 24.1 Å². The lowest BCUT2D eigenvalue weighted by atomic mass is 10.1. The molecule has 17 heavy (non-hydrogen) atoms. The number of hydrogen-bond acceptors (Lipinski definition) is 3. The first kappa shape index (κ1) is 10.6. The van der Waals surface area contributed by atoms with Crippen LogP contribution in [0.5, 0.6) is 0 Å². The van der Waals surface area contributed by atoms with E-state index in [1.54, 1.807) is 4.68 Å². The summed E-state index contributed by atoms with van der Waals surface area (Å²) in [7, 11) is 0. The minimum atomic E-state index is 0.525. The Balaban J connectivity index is 2.16. The fraction of sp³-hybridized carbons (Fsp3) is 0.250. The average molecular weight is 250 g/mol. The Morgan fingerprint density at radius 2 is 2.18 bits per heavy atom. The maximum absolute atomic E-state index is 6.15. The van der Waals surface area contributed by atoms with Gasteiger partial charge in [0.1, 0.15) is 5.82 Å². The quantitative estimate of drug-likeness (QED) is 0.843. The Morgan fingerprint density at radius 1 is 1.35 bits per heavy atom. The minimum Gasteiger partial charge on any atom is -0.383 e. The fourth-order valence-corrected chi connectivity index (χ4v) is 2.26. The molecule has 2 N–H and O–H groups in total. The van der Waals surface area contributed by atoms with E-state index < -0.39 is 0 Å². The van der Waals surface area contributed by atoms with E-state index in [9.17, 15) is 0 Å². The van der Waals surface area contributed by atoms with E-state index in [1.165, 1.54) is 0 Å². The van der Waals surface area contributed by atoms with Crippen molar-refractivity contribution < 1.29 is 4.74 Å². The predicted molar refractivity (Wildman–Crippen MR) is 66.3 cm³/mol. The van der Waals surface area contributed by atoms with E-state index in [1.807, 2.05) is 24.3 Å². The van der Waals surface area contributed by atoms with E-state index in [-0.39, 0.29) is 0 Å². The molecule has 0 radical (unpaired) electrons. The number of nitrogens with zero attached hydrogens (tertiary/aromatic N) is 2. The number of nitrogens with two attached hydrogens (primary N) is 1. The van der Waals surface area contributed by atoms with Gasteiger partial charge in [0.15, 0.2) is 0 Å². The molecule has 0 saturated heterocycles. The van der Waals surface area contributed by atoms with Crippen LogP contribution in [-0.4, -0.2) is 16.4 Å². The van der Waals surface area contributed by atoms with Crippen LogP contribution in [0.25, 0.3) is 5.69 Å². The first-order valence-electron chi connectivity index (χ1n) is 5.46. The van der Waals surface area contributed by atoms with Crippen LogP contribution >= 0.6 is 11.6 Å². The number of hydrogen-bond donors (Lipinski definition) is 1. The largest absolute Gasteiger partial charge is 0.383 e. The van der Waals surface area contributed by atoms with Gasteiger partial charge < -0.3 is 10.5 Å². The average Bonchev–Trinajstić information content (AvgIpc) is 2.68. The van der Waals surface area contributed by atoms with Crippen molar-refractivity contribution in [2.24, 2.45) is 0 Å². The summed E-state index contributed by atoms with van der Waals surface area (Å²) >= 11 is 6.15. The van der Waals surface area contributed by atoms with Gasteiger partial charge in [-0.25, -0.2) is 4.68 Å². The molecule has 0 amide bonds. The van der Waals surface area contributed by atoms with Gasteiger partial charge in [0.25, 0.3) is 0 Å². The summed E-state index contributed by atoms with van der Waals surface area (Å²) in [6.45, 7) is 1.22. The number of ether oxygens (including phenoxy) is 1. The van der Waals surface area contributed by atoms with E-state index in [2.05, 4.69) is 5.10 Å². The topological polar surface area (TPSA) is 53.1 Å². The van der Waals surface area contributed by atoms with Crippen molar-refractivity contribution in [1.29, 1.82) is 0 Å². The summed E-state index contributed by atoms with van der Waals surface area (Å²) in [5.41, 5.74) is 8.91. The molecule has 2 aromatic rings. The van der Waals surface area contributed by atoms with Crippen LogP contribution in [0.15, 0.2) is 24.3 Å². The van der Waals surface area contributed by atoms with Gasteiger partial charge in [-0.15, -0.1) is 0 Å². The molecule has 1 aromatic carbocycles. The summed E-state index contributed by atoms with van der Waals surface area (Å²) in [6, 6.07) is 7.53. The maximum atomic E-state index is 6.15. The number of fused-ring (bicyclic) bond motifs is 1. The smallest absolute Gasteiger partial charge is 0.130 e. The SMILES string of the molecule is Nc1c2c(nn1-c1ccccc1Cl)COCC2. The molecule has 1 aromatic heterocycles. The molecule has 0 atom stereocenters. The monoisotopic (exact) mass is 249 g/mol. The second kappa shape index (κ2) is 4.05. The highest BCUT2D eigenvalue weighted by atomic mass is 35.5. The van der Waals surface area contributed by atoms with Crippen molar-refractivity contribution in [3.63, 3.8) is 0 Å². The molecular formula is C12H12ClN3O. The molecule has 0 spiro atoms. The van der Waals surface area contributed by atoms with Crippen molar-refractivity contribution in [1.82, 2.24) is 9.78 Å². The van der Waals surface area contributed by atoms with Gasteiger partial charge in [0, 0.05) is 12.0 Å². The van der Waals surface area contributed by atoms with Crippen molar-refractivity contribution in [3.8, 4) is 5.69 Å². The van der Waals surface area contributed by atoms with E-state index >= 15 is 0 Å². The van der Waals surface area contributed by atoms with Crippen LogP contribution in [0.1, 0.15) is 11.3 Å². The van der Waals surface area contributed by atoms with Gasteiger partial charge in [0.05, 0.1) is 29.6 Å². The zero-order valence-electron chi connectivity index (χ0n) is 9.19. The van der Waals surface area contributed by atoms with Gasteiger partial charge in [-0.3, -0.25) is 0 Å². The molecule has 1 aliphatic rings. The summed E-state index contributed by atoms with van der Waals surface area (Å²) in [5.74, 6) is 0.663. The molecule has 2 heterocycles. The molecule has 3 rings (SSSR count). The summed E-state index contributed by atoms with van der Waals surface area (Å²) in [4.78, 5) is 0. The van der Waals surface area contributed by atoms with Gasteiger partial charge in [-0.1, -0.05) is 23.7 Å². The maximum Gasteiger partial charge on any atom is 0.130 e. The summed E-state index contributed by atoms with van der Waals surface area (Å²) in [6.07, 6.45) is 0.811. The number of aromatic nitrogens is 2. The van der Waals surface area contributed by atoms with E-state index in [0.717, 1.165) is 23.4 Å². The second-order valence-corrected chi connectivity index (χ2v) is 4.38. The van der Waals surface area contributed by atoms with Crippen LogP contribution in [0.2, 0.25) is 5.02 Å². The molecule has 0 saturated carbocycles. The Hall–Kier alpha value is -1.52. The first-order chi connectivity index (χ1) is 8.27. The predicted octanol–water partition coefficient (Wildman–Crippen LogP) is 2.18. The molecule has 1 aliphatic heterocycles. The molecule has 0 fully saturated rings. The van der Waals surface area contributed by atoms with E-state index in [4.69, 9.17) is 22.1 Å². The van der Waals surface area contributed by atoms with Crippen molar-refractivity contribution >= 4 is 17.4 Å². The second-order valence-electron chi connectivity index (χ2n) is 3.98. The number of nitrogen functional groups attached to an aromatic ring is 1. The van der Waals surface area contributed by atoms with Crippen LogP contribution in [0.3, 0.4) is 0 Å². The Bertz CT molecular complexity index is 565. The Kier molecular flexibility index (Phi) is 2.53. The minimum absolute atomic E-state index is 0.525. The Labute approximate surface area is 104 Å². The van der Waals surface area contributed by atoms with Gasteiger partial charge in [-0.2, -0.15) is 5.10 Å². The molecule has 4 nitrogen and oxygen atoms in total. The van der Waals surface area contributed by atoms with Crippen molar-refractivity contribution in [2.75, 3.05) is 12.3 Å². The zero-order chi connectivity index (χ0) is 11.8. The number of benzene rings is 1. The number of halogens is 1. The highest BCUT2D eigenvalue weighted by molar-refractivity contribution is 6.32. The van der Waals surface area contributed by atoms with Gasteiger partial charge >= 0.3 is 0 Å². The van der Waals surface area contributed by atoms with Crippen molar-refractivity contribution in [2.45, 2.75) is 13.0 Å². The summed E-state index contributed by atoms with van der Waals surface area (Å²) in [5, 5.41) is 5.10. The van der Waals surface area contributed by atoms with Gasteiger partial charge in [0.2, 0.25) is 0 Å². The highest BCUT2D eigenvalue weighted by Crippen LogP contribution is 2.28. The van der Waals surface area contributed by atoms with Crippen LogP contribution < -0.4 is 5.73 Å². The molecule has 0 bridgehead atoms. The van der Waals surface area contributed by atoms with Crippen LogP contribution in [0, 0.1) is 0 Å². The zero-order valence-corrected chi connectivity index (χ0v) is 9.94. The standard InChI is InChI=1S/C12H12ClN3O/c13-9-3-1-2-4-11(9)16-12(14)8-5-6-17-7-10(8)15-16/h1-4H,5-7,14H2. The number of anilines is 1. The molecule has 5 heteroatoms. The lowest BCUT2D eigenvalue weighted by Crippen LogP contribution is -2.09. The van der Waals surface area contributed by atoms with Crippen molar-refractivity contribution in [3.05, 3.63) is 40.5 Å². The third-order valence-corrected chi connectivity index (χ3v) is 3.24. The summed E-state index contributed by atoms with van der Waals surface area (Å²) < 4.78 is 7.06. The normalized spacial score (nSPS) is 14.6.